The molecule has 0 spiro atoms. The Labute approximate surface area is 144 Å². The predicted molar refractivity (Wildman–Crippen MR) is 101 cm³/mol. The molecule has 3 heteroatoms. The van der Waals surface area contributed by atoms with E-state index in [2.05, 4.69) is 41.7 Å². The monoisotopic (exact) mass is 322 g/mol. The highest BCUT2D eigenvalue weighted by molar-refractivity contribution is 5.99. The predicted octanol–water partition coefficient (Wildman–Crippen LogP) is 5.16. The molecular weight excluding hydrogens is 296 g/mol. The molecule has 0 aromatic heterocycles. The number of hydrogen-bond donors (Lipinski definition) is 1. The van der Waals surface area contributed by atoms with E-state index >= 15 is 0 Å². The van der Waals surface area contributed by atoms with Crippen LogP contribution in [-0.2, 0) is 4.79 Å². The molecule has 0 bridgehead atoms. The fraction of sp³-hybridized carbons (Fsp3) is 0.333. The molecule has 0 saturated carbocycles. The van der Waals surface area contributed by atoms with E-state index in [-0.39, 0.29) is 5.91 Å². The summed E-state index contributed by atoms with van der Waals surface area (Å²) in [6, 6.07) is 18.5. The van der Waals surface area contributed by atoms with E-state index in [9.17, 15) is 4.79 Å². The fourth-order valence-corrected chi connectivity index (χ4v) is 2.51. The maximum Gasteiger partial charge on any atom is 0.240 e. The molecule has 0 saturated heterocycles. The second-order valence-corrected chi connectivity index (χ2v) is 5.99. The Morgan fingerprint density at radius 2 is 1.58 bits per heavy atom. The van der Waals surface area contributed by atoms with Crippen molar-refractivity contribution in [2.75, 3.05) is 0 Å². The van der Waals surface area contributed by atoms with Crippen LogP contribution in [0.15, 0.2) is 59.7 Å². The van der Waals surface area contributed by atoms with E-state index in [1.807, 2.05) is 37.3 Å². The number of nitrogens with zero attached hydrogens (tertiary/aromatic N) is 1. The summed E-state index contributed by atoms with van der Waals surface area (Å²) in [4.78, 5) is 11.8. The summed E-state index contributed by atoms with van der Waals surface area (Å²) in [6.07, 6.45) is 4.94. The van der Waals surface area contributed by atoms with E-state index in [1.165, 1.54) is 24.0 Å². The highest BCUT2D eigenvalue weighted by Gasteiger charge is 2.02. The molecule has 126 valence electrons. The first-order valence-corrected chi connectivity index (χ1v) is 8.69. The van der Waals surface area contributed by atoms with Crippen LogP contribution >= 0.6 is 0 Å². The number of hydrogen-bond acceptors (Lipinski definition) is 2. The van der Waals surface area contributed by atoms with Crippen LogP contribution in [0, 0.1) is 0 Å². The SMILES string of the molecule is CCCCCCC(=O)NN=C(C)c1ccc(-c2ccccc2)cc1. The van der Waals surface area contributed by atoms with Crippen molar-refractivity contribution >= 4 is 11.6 Å². The number of hydrazone groups is 1. The minimum Gasteiger partial charge on any atom is -0.273 e. The largest absolute Gasteiger partial charge is 0.273 e. The number of amides is 1. The van der Waals surface area contributed by atoms with Crippen molar-refractivity contribution in [3.63, 3.8) is 0 Å². The summed E-state index contributed by atoms with van der Waals surface area (Å²) in [6.45, 7) is 4.08. The van der Waals surface area contributed by atoms with Gasteiger partial charge in [0.15, 0.2) is 0 Å². The number of benzene rings is 2. The van der Waals surface area contributed by atoms with Gasteiger partial charge in [-0.1, -0.05) is 80.8 Å². The molecule has 2 aromatic rings. The van der Waals surface area contributed by atoms with E-state index in [0.29, 0.717) is 6.42 Å². The lowest BCUT2D eigenvalue weighted by Crippen LogP contribution is -2.18. The Morgan fingerprint density at radius 1 is 0.917 bits per heavy atom. The van der Waals surface area contributed by atoms with Gasteiger partial charge in [-0.3, -0.25) is 4.79 Å². The van der Waals surface area contributed by atoms with Crippen molar-refractivity contribution in [1.82, 2.24) is 5.43 Å². The van der Waals surface area contributed by atoms with Crippen molar-refractivity contribution in [3.8, 4) is 11.1 Å². The number of carbonyl (C=O) groups excluding carboxylic acids is 1. The molecule has 0 unspecified atom stereocenters. The second-order valence-electron chi connectivity index (χ2n) is 5.99. The highest BCUT2D eigenvalue weighted by atomic mass is 16.2. The molecule has 0 aliphatic carbocycles. The average molecular weight is 322 g/mol. The van der Waals surface area contributed by atoms with Crippen molar-refractivity contribution in [2.45, 2.75) is 46.0 Å². The quantitative estimate of drug-likeness (QED) is 0.407. The van der Waals surface area contributed by atoms with Gasteiger partial charge in [-0.2, -0.15) is 5.10 Å². The average Bonchev–Trinajstić information content (AvgIpc) is 2.64. The van der Waals surface area contributed by atoms with Gasteiger partial charge < -0.3 is 0 Å². The van der Waals surface area contributed by atoms with Gasteiger partial charge in [-0.05, 0) is 30.0 Å². The van der Waals surface area contributed by atoms with Crippen LogP contribution in [0.4, 0.5) is 0 Å². The molecule has 1 N–H and O–H groups in total. The lowest BCUT2D eigenvalue weighted by Gasteiger charge is -2.05. The third-order valence-corrected chi connectivity index (χ3v) is 4.02. The Balaban J connectivity index is 1.90. The number of rotatable bonds is 8. The summed E-state index contributed by atoms with van der Waals surface area (Å²) in [5, 5.41) is 4.21. The van der Waals surface area contributed by atoms with Crippen LogP contribution in [0.3, 0.4) is 0 Å². The molecule has 0 aliphatic heterocycles. The Morgan fingerprint density at radius 3 is 2.25 bits per heavy atom. The molecule has 24 heavy (non-hydrogen) atoms. The van der Waals surface area contributed by atoms with E-state index in [1.54, 1.807) is 0 Å². The minimum absolute atomic E-state index is 0.00800. The van der Waals surface area contributed by atoms with Crippen LogP contribution in [0.5, 0.6) is 0 Å². The molecule has 0 radical (unpaired) electrons. The standard InChI is InChI=1S/C21H26N2O/c1-3-4-5-9-12-21(24)23-22-17(2)18-13-15-20(16-14-18)19-10-7-6-8-11-19/h6-8,10-11,13-16H,3-5,9,12H2,1-2H3,(H,23,24). The van der Waals surface area contributed by atoms with Crippen molar-refractivity contribution in [1.29, 1.82) is 0 Å². The molecular formula is C21H26N2O. The van der Waals surface area contributed by atoms with E-state index < -0.39 is 0 Å². The smallest absolute Gasteiger partial charge is 0.240 e. The number of nitrogens with one attached hydrogen (secondary N) is 1. The van der Waals surface area contributed by atoms with Crippen LogP contribution in [0.1, 0.15) is 51.5 Å². The molecule has 3 nitrogen and oxygen atoms in total. The molecule has 2 aromatic carbocycles. The first-order valence-electron chi connectivity index (χ1n) is 8.69. The van der Waals surface area contributed by atoms with Gasteiger partial charge >= 0.3 is 0 Å². The van der Waals surface area contributed by atoms with Crippen LogP contribution < -0.4 is 5.43 Å². The summed E-state index contributed by atoms with van der Waals surface area (Å²) in [7, 11) is 0. The molecule has 0 atom stereocenters. The minimum atomic E-state index is -0.00800. The van der Waals surface area contributed by atoms with Crippen LogP contribution in [0.25, 0.3) is 11.1 Å². The Kier molecular flexibility index (Phi) is 7.21. The van der Waals surface area contributed by atoms with Crippen LogP contribution in [0.2, 0.25) is 0 Å². The Hall–Kier alpha value is -2.42. The highest BCUT2D eigenvalue weighted by Crippen LogP contribution is 2.19. The molecule has 0 aliphatic rings. The summed E-state index contributed by atoms with van der Waals surface area (Å²) >= 11 is 0. The van der Waals surface area contributed by atoms with Gasteiger partial charge in [0, 0.05) is 6.42 Å². The van der Waals surface area contributed by atoms with Gasteiger partial charge in [0.25, 0.3) is 0 Å². The zero-order valence-electron chi connectivity index (χ0n) is 14.6. The lowest BCUT2D eigenvalue weighted by molar-refractivity contribution is -0.121. The molecule has 1 amide bonds. The zero-order valence-corrected chi connectivity index (χ0v) is 14.6. The van der Waals surface area contributed by atoms with Gasteiger partial charge in [0.05, 0.1) is 5.71 Å². The maximum atomic E-state index is 11.8. The topological polar surface area (TPSA) is 41.5 Å². The normalized spacial score (nSPS) is 11.3. The number of unbranched alkanes of at least 4 members (excludes halogenated alkanes) is 3. The first-order chi connectivity index (χ1) is 11.7. The summed E-state index contributed by atoms with van der Waals surface area (Å²) < 4.78 is 0. The van der Waals surface area contributed by atoms with Crippen molar-refractivity contribution in [2.24, 2.45) is 5.10 Å². The fourth-order valence-electron chi connectivity index (χ4n) is 2.51. The van der Waals surface area contributed by atoms with Crippen molar-refractivity contribution in [3.05, 3.63) is 60.2 Å². The molecule has 2 rings (SSSR count). The van der Waals surface area contributed by atoms with Gasteiger partial charge in [0.1, 0.15) is 0 Å². The van der Waals surface area contributed by atoms with Gasteiger partial charge in [-0.15, -0.1) is 0 Å². The first kappa shape index (κ1) is 17.9. The zero-order chi connectivity index (χ0) is 17.2. The maximum absolute atomic E-state index is 11.8. The summed E-state index contributed by atoms with van der Waals surface area (Å²) in [5.74, 6) is -0.00800. The van der Waals surface area contributed by atoms with Gasteiger partial charge in [-0.25, -0.2) is 5.43 Å². The molecule has 0 fully saturated rings. The Bertz CT molecular complexity index is 660. The lowest BCUT2D eigenvalue weighted by atomic mass is 10.0. The van der Waals surface area contributed by atoms with E-state index in [4.69, 9.17) is 0 Å². The van der Waals surface area contributed by atoms with Crippen molar-refractivity contribution < 1.29 is 4.79 Å². The second kappa shape index (κ2) is 9.66. The summed E-state index contributed by atoms with van der Waals surface area (Å²) in [5.41, 5.74) is 6.85. The third-order valence-electron chi connectivity index (χ3n) is 4.02. The van der Waals surface area contributed by atoms with Crippen LogP contribution in [-0.4, -0.2) is 11.6 Å². The third kappa shape index (κ3) is 5.65. The van der Waals surface area contributed by atoms with Gasteiger partial charge in [0.2, 0.25) is 5.91 Å². The van der Waals surface area contributed by atoms with E-state index in [0.717, 1.165) is 24.1 Å². The molecule has 0 heterocycles. The number of carbonyl (C=O) groups is 1.